The van der Waals surface area contributed by atoms with Crippen molar-refractivity contribution in [1.29, 1.82) is 0 Å². The van der Waals surface area contributed by atoms with Crippen LogP contribution in [0.5, 0.6) is 0 Å². The number of hydrogen-bond acceptors (Lipinski definition) is 5. The molecule has 2 aromatic carbocycles. The number of rotatable bonds is 7. The van der Waals surface area contributed by atoms with E-state index in [2.05, 4.69) is 20.7 Å². The van der Waals surface area contributed by atoms with E-state index in [0.29, 0.717) is 17.3 Å². The second kappa shape index (κ2) is 9.09. The van der Waals surface area contributed by atoms with Gasteiger partial charge in [0.15, 0.2) is 11.0 Å². The first-order valence-electron chi connectivity index (χ1n) is 8.36. The molecule has 3 rings (SSSR count). The number of hydrazone groups is 1. The van der Waals surface area contributed by atoms with Crippen LogP contribution in [0.3, 0.4) is 0 Å². The van der Waals surface area contributed by atoms with Crippen LogP contribution < -0.4 is 5.43 Å². The molecule has 0 spiro atoms. The zero-order chi connectivity index (χ0) is 19.1. The van der Waals surface area contributed by atoms with Gasteiger partial charge in [0.25, 0.3) is 5.91 Å². The molecule has 3 aromatic rings. The van der Waals surface area contributed by atoms with E-state index in [-0.39, 0.29) is 17.5 Å². The Morgan fingerprint density at radius 3 is 2.78 bits per heavy atom. The molecule has 27 heavy (non-hydrogen) atoms. The van der Waals surface area contributed by atoms with Crippen molar-refractivity contribution in [2.24, 2.45) is 5.10 Å². The Morgan fingerprint density at radius 1 is 1.22 bits per heavy atom. The van der Waals surface area contributed by atoms with Crippen molar-refractivity contribution in [1.82, 2.24) is 20.2 Å². The van der Waals surface area contributed by atoms with Crippen molar-refractivity contribution >= 4 is 23.9 Å². The third kappa shape index (κ3) is 5.01. The molecule has 0 saturated carbocycles. The highest BCUT2D eigenvalue weighted by molar-refractivity contribution is 7.99. The normalized spacial score (nSPS) is 11.0. The van der Waals surface area contributed by atoms with Crippen LogP contribution in [-0.2, 0) is 11.3 Å². The Balaban J connectivity index is 1.58. The van der Waals surface area contributed by atoms with Gasteiger partial charge in [0, 0.05) is 12.1 Å². The fourth-order valence-corrected chi connectivity index (χ4v) is 3.20. The third-order valence-electron chi connectivity index (χ3n) is 3.65. The molecular weight excluding hydrogens is 365 g/mol. The van der Waals surface area contributed by atoms with Crippen LogP contribution in [0.1, 0.15) is 12.5 Å². The lowest BCUT2D eigenvalue weighted by atomic mass is 10.2. The van der Waals surface area contributed by atoms with Gasteiger partial charge in [-0.25, -0.2) is 9.82 Å². The van der Waals surface area contributed by atoms with Crippen molar-refractivity contribution in [2.75, 3.05) is 5.75 Å². The number of carbonyl (C=O) groups excluding carboxylic acids is 1. The highest BCUT2D eigenvalue weighted by atomic mass is 32.2. The summed E-state index contributed by atoms with van der Waals surface area (Å²) in [5.74, 6) is 0.284. The quantitative estimate of drug-likeness (QED) is 0.386. The number of hydrogen-bond donors (Lipinski definition) is 1. The molecule has 1 amide bonds. The maximum atomic E-state index is 13.1. The molecule has 0 atom stereocenters. The number of thioether (sulfide) groups is 1. The highest BCUT2D eigenvalue weighted by Gasteiger charge is 2.14. The van der Waals surface area contributed by atoms with E-state index in [4.69, 9.17) is 0 Å². The summed E-state index contributed by atoms with van der Waals surface area (Å²) in [5, 5.41) is 12.9. The Morgan fingerprint density at radius 2 is 2.04 bits per heavy atom. The number of carbonyl (C=O) groups is 1. The van der Waals surface area contributed by atoms with E-state index in [1.165, 1.54) is 30.1 Å². The van der Waals surface area contributed by atoms with Gasteiger partial charge in [-0.1, -0.05) is 54.2 Å². The predicted molar refractivity (Wildman–Crippen MR) is 104 cm³/mol. The minimum atomic E-state index is -0.353. The first kappa shape index (κ1) is 18.8. The maximum absolute atomic E-state index is 13.1. The van der Waals surface area contributed by atoms with Gasteiger partial charge in [0.1, 0.15) is 5.82 Å². The number of aromatic nitrogens is 3. The fourth-order valence-electron chi connectivity index (χ4n) is 2.41. The number of benzene rings is 2. The first-order valence-corrected chi connectivity index (χ1v) is 9.35. The van der Waals surface area contributed by atoms with E-state index in [0.717, 1.165) is 11.4 Å². The topological polar surface area (TPSA) is 72.2 Å². The summed E-state index contributed by atoms with van der Waals surface area (Å²) in [6.07, 6.45) is 1.40. The van der Waals surface area contributed by atoms with Crippen LogP contribution in [0.2, 0.25) is 0 Å². The van der Waals surface area contributed by atoms with E-state index in [9.17, 15) is 9.18 Å². The number of amides is 1. The van der Waals surface area contributed by atoms with Gasteiger partial charge in [0.2, 0.25) is 0 Å². The zero-order valence-corrected chi connectivity index (χ0v) is 15.5. The first-order chi connectivity index (χ1) is 13.2. The van der Waals surface area contributed by atoms with E-state index in [1.807, 2.05) is 41.8 Å². The summed E-state index contributed by atoms with van der Waals surface area (Å²) in [5.41, 5.74) is 3.97. The van der Waals surface area contributed by atoms with E-state index < -0.39 is 0 Å². The molecule has 0 aliphatic heterocycles. The van der Waals surface area contributed by atoms with Gasteiger partial charge in [0.05, 0.1) is 12.0 Å². The summed E-state index contributed by atoms with van der Waals surface area (Å²) < 4.78 is 15.1. The largest absolute Gasteiger partial charge is 0.302 e. The van der Waals surface area contributed by atoms with Crippen LogP contribution in [0.15, 0.2) is 64.9 Å². The Labute approximate surface area is 160 Å². The average molecular weight is 383 g/mol. The Kier molecular flexibility index (Phi) is 6.32. The minimum Gasteiger partial charge on any atom is -0.302 e. The summed E-state index contributed by atoms with van der Waals surface area (Å²) in [6, 6.07) is 15.7. The number of nitrogens with one attached hydrogen (secondary N) is 1. The highest BCUT2D eigenvalue weighted by Crippen LogP contribution is 2.23. The second-order valence-electron chi connectivity index (χ2n) is 5.55. The lowest BCUT2D eigenvalue weighted by molar-refractivity contribution is -0.118. The van der Waals surface area contributed by atoms with Gasteiger partial charge in [-0.3, -0.25) is 4.79 Å². The van der Waals surface area contributed by atoms with E-state index >= 15 is 0 Å². The number of halogens is 1. The van der Waals surface area contributed by atoms with Crippen LogP contribution in [0.4, 0.5) is 4.39 Å². The minimum absolute atomic E-state index is 0.146. The Bertz CT molecular complexity index is 942. The molecule has 0 radical (unpaired) electrons. The predicted octanol–water partition coefficient (Wildman–Crippen LogP) is 3.35. The maximum Gasteiger partial charge on any atom is 0.250 e. The van der Waals surface area contributed by atoms with Crippen molar-refractivity contribution in [2.45, 2.75) is 18.6 Å². The zero-order valence-electron chi connectivity index (χ0n) is 14.7. The summed E-state index contributed by atoms with van der Waals surface area (Å²) in [7, 11) is 0. The summed E-state index contributed by atoms with van der Waals surface area (Å²) >= 11 is 1.29. The molecule has 8 heteroatoms. The molecule has 0 bridgehead atoms. The van der Waals surface area contributed by atoms with Gasteiger partial charge >= 0.3 is 0 Å². The van der Waals surface area contributed by atoms with Crippen LogP contribution in [-0.4, -0.2) is 32.6 Å². The average Bonchev–Trinajstić information content (AvgIpc) is 3.10. The third-order valence-corrected chi connectivity index (χ3v) is 4.62. The molecule has 1 heterocycles. The van der Waals surface area contributed by atoms with E-state index in [1.54, 1.807) is 12.1 Å². The molecule has 6 nitrogen and oxygen atoms in total. The number of nitrogens with zero attached hydrogens (tertiary/aromatic N) is 4. The van der Waals surface area contributed by atoms with Crippen molar-refractivity contribution in [3.8, 4) is 11.4 Å². The molecule has 0 aliphatic carbocycles. The molecule has 0 saturated heterocycles. The molecule has 1 N–H and O–H groups in total. The van der Waals surface area contributed by atoms with Gasteiger partial charge in [-0.15, -0.1) is 10.2 Å². The van der Waals surface area contributed by atoms with Gasteiger partial charge in [-0.2, -0.15) is 5.10 Å². The molecule has 0 unspecified atom stereocenters. The van der Waals surface area contributed by atoms with Gasteiger partial charge < -0.3 is 4.57 Å². The molecule has 0 fully saturated rings. The SMILES string of the molecule is CCn1c(SCC(=O)NN=Cc2cccc(F)c2)nnc1-c1ccccc1. The molecule has 138 valence electrons. The lowest BCUT2D eigenvalue weighted by Crippen LogP contribution is -2.20. The second-order valence-corrected chi connectivity index (χ2v) is 6.50. The van der Waals surface area contributed by atoms with Gasteiger partial charge in [-0.05, 0) is 24.6 Å². The van der Waals surface area contributed by atoms with Crippen LogP contribution in [0.25, 0.3) is 11.4 Å². The summed E-state index contributed by atoms with van der Waals surface area (Å²) in [6.45, 7) is 2.70. The van der Waals surface area contributed by atoms with Crippen molar-refractivity contribution in [3.63, 3.8) is 0 Å². The Hall–Kier alpha value is -3.00. The lowest BCUT2D eigenvalue weighted by Gasteiger charge is -2.06. The smallest absolute Gasteiger partial charge is 0.250 e. The molecule has 0 aliphatic rings. The standard InChI is InChI=1S/C19H18FN5OS/c1-2-25-18(15-8-4-3-5-9-15)23-24-19(25)27-13-17(26)22-21-12-14-7-6-10-16(20)11-14/h3-12H,2,13H2,1H3,(H,22,26). The van der Waals surface area contributed by atoms with Crippen molar-refractivity contribution < 1.29 is 9.18 Å². The fraction of sp³-hybridized carbons (Fsp3) is 0.158. The van der Waals surface area contributed by atoms with Crippen molar-refractivity contribution in [3.05, 3.63) is 66.0 Å². The molecule has 1 aromatic heterocycles. The molecular formula is C19H18FN5OS. The summed E-state index contributed by atoms with van der Waals surface area (Å²) in [4.78, 5) is 12.0. The van der Waals surface area contributed by atoms with Crippen LogP contribution in [0, 0.1) is 5.82 Å². The monoisotopic (exact) mass is 383 g/mol. The van der Waals surface area contributed by atoms with Crippen LogP contribution >= 0.6 is 11.8 Å².